The SMILES string of the molecule is CC(C)(CCl)NC(=O)c1ccc2c(c1)CCC2. The average molecular weight is 252 g/mol. The van der Waals surface area contributed by atoms with Gasteiger partial charge in [-0.3, -0.25) is 4.79 Å². The van der Waals surface area contributed by atoms with E-state index in [-0.39, 0.29) is 11.4 Å². The molecule has 1 aliphatic rings. The summed E-state index contributed by atoms with van der Waals surface area (Å²) < 4.78 is 0. The van der Waals surface area contributed by atoms with Crippen LogP contribution < -0.4 is 5.32 Å². The van der Waals surface area contributed by atoms with Crippen LogP contribution in [0, 0.1) is 0 Å². The fourth-order valence-electron chi connectivity index (χ4n) is 2.13. The lowest BCUT2D eigenvalue weighted by molar-refractivity contribution is 0.0920. The first-order valence-electron chi connectivity index (χ1n) is 6.02. The van der Waals surface area contributed by atoms with Crippen molar-refractivity contribution >= 4 is 17.5 Å². The monoisotopic (exact) mass is 251 g/mol. The molecule has 0 saturated carbocycles. The van der Waals surface area contributed by atoms with Crippen molar-refractivity contribution in [2.45, 2.75) is 38.6 Å². The lowest BCUT2D eigenvalue weighted by Gasteiger charge is -2.23. The maximum Gasteiger partial charge on any atom is 0.251 e. The number of carbonyl (C=O) groups is 1. The summed E-state index contributed by atoms with van der Waals surface area (Å²) in [6.45, 7) is 3.84. The number of amides is 1. The number of halogens is 1. The molecular weight excluding hydrogens is 234 g/mol. The first kappa shape index (κ1) is 12.4. The number of nitrogens with one attached hydrogen (secondary N) is 1. The van der Waals surface area contributed by atoms with Gasteiger partial charge in [-0.25, -0.2) is 0 Å². The molecule has 0 atom stereocenters. The van der Waals surface area contributed by atoms with Gasteiger partial charge in [0.05, 0.1) is 0 Å². The number of aryl methyl sites for hydroxylation is 2. The Morgan fingerprint density at radius 1 is 1.35 bits per heavy atom. The Kier molecular flexibility index (Phi) is 3.43. The fourth-order valence-corrected chi connectivity index (χ4v) is 2.19. The summed E-state index contributed by atoms with van der Waals surface area (Å²) in [5.74, 6) is 0.370. The third-order valence-electron chi connectivity index (χ3n) is 3.15. The molecule has 1 aliphatic carbocycles. The van der Waals surface area contributed by atoms with Gasteiger partial charge in [0.15, 0.2) is 0 Å². The standard InChI is InChI=1S/C14H18ClNO/c1-14(2,9-15)16-13(17)12-7-6-10-4-3-5-11(10)8-12/h6-8H,3-5,9H2,1-2H3,(H,16,17). The van der Waals surface area contributed by atoms with E-state index in [0.717, 1.165) is 18.4 Å². The van der Waals surface area contributed by atoms with Crippen molar-refractivity contribution in [3.8, 4) is 0 Å². The van der Waals surface area contributed by atoms with Gasteiger partial charge in [-0.2, -0.15) is 0 Å². The highest BCUT2D eigenvalue weighted by molar-refractivity contribution is 6.18. The summed E-state index contributed by atoms with van der Waals surface area (Å²) in [5, 5.41) is 2.94. The third-order valence-corrected chi connectivity index (χ3v) is 3.81. The van der Waals surface area contributed by atoms with Crippen molar-refractivity contribution in [1.29, 1.82) is 0 Å². The number of hydrogen-bond donors (Lipinski definition) is 1. The minimum absolute atomic E-state index is 0.0367. The van der Waals surface area contributed by atoms with E-state index >= 15 is 0 Å². The third kappa shape index (κ3) is 2.81. The average Bonchev–Trinajstić information content (AvgIpc) is 2.75. The van der Waals surface area contributed by atoms with Crippen LogP contribution >= 0.6 is 11.6 Å². The molecule has 17 heavy (non-hydrogen) atoms. The van der Waals surface area contributed by atoms with E-state index in [1.54, 1.807) is 0 Å². The number of alkyl halides is 1. The molecule has 0 heterocycles. The summed E-state index contributed by atoms with van der Waals surface area (Å²) in [6.07, 6.45) is 3.44. The molecular formula is C14H18ClNO. The smallest absolute Gasteiger partial charge is 0.251 e. The van der Waals surface area contributed by atoms with E-state index in [9.17, 15) is 4.79 Å². The molecule has 0 saturated heterocycles. The van der Waals surface area contributed by atoms with Crippen LogP contribution in [-0.4, -0.2) is 17.3 Å². The summed E-state index contributed by atoms with van der Waals surface area (Å²) >= 11 is 5.80. The predicted octanol–water partition coefficient (Wildman–Crippen LogP) is 2.92. The number of fused-ring (bicyclic) bond motifs is 1. The van der Waals surface area contributed by atoms with Gasteiger partial charge in [0, 0.05) is 17.0 Å². The van der Waals surface area contributed by atoms with E-state index in [4.69, 9.17) is 11.6 Å². The van der Waals surface area contributed by atoms with E-state index in [0.29, 0.717) is 5.88 Å². The molecule has 1 aromatic rings. The lowest BCUT2D eigenvalue weighted by atomic mass is 10.0. The molecule has 0 fully saturated rings. The van der Waals surface area contributed by atoms with Crippen LogP contribution in [0.4, 0.5) is 0 Å². The summed E-state index contributed by atoms with van der Waals surface area (Å²) in [7, 11) is 0. The highest BCUT2D eigenvalue weighted by Gasteiger charge is 2.21. The Labute approximate surface area is 107 Å². The summed E-state index contributed by atoms with van der Waals surface area (Å²) in [5.41, 5.74) is 3.08. The Hall–Kier alpha value is -1.02. The summed E-state index contributed by atoms with van der Waals surface area (Å²) in [6, 6.07) is 6.00. The topological polar surface area (TPSA) is 29.1 Å². The summed E-state index contributed by atoms with van der Waals surface area (Å²) in [4.78, 5) is 12.0. The van der Waals surface area contributed by atoms with Crippen molar-refractivity contribution < 1.29 is 4.79 Å². The zero-order chi connectivity index (χ0) is 12.5. The highest BCUT2D eigenvalue weighted by Crippen LogP contribution is 2.23. The van der Waals surface area contributed by atoms with Crippen molar-refractivity contribution in [2.24, 2.45) is 0 Å². The van der Waals surface area contributed by atoms with Crippen LogP contribution in [0.3, 0.4) is 0 Å². The Balaban J connectivity index is 2.15. The van der Waals surface area contributed by atoms with Crippen LogP contribution in [-0.2, 0) is 12.8 Å². The van der Waals surface area contributed by atoms with Crippen LogP contribution in [0.5, 0.6) is 0 Å². The van der Waals surface area contributed by atoms with Gasteiger partial charge in [0.25, 0.3) is 5.91 Å². The highest BCUT2D eigenvalue weighted by atomic mass is 35.5. The largest absolute Gasteiger partial charge is 0.346 e. The molecule has 0 radical (unpaired) electrons. The molecule has 3 heteroatoms. The van der Waals surface area contributed by atoms with Gasteiger partial charge in [-0.15, -0.1) is 11.6 Å². The molecule has 2 nitrogen and oxygen atoms in total. The molecule has 92 valence electrons. The lowest BCUT2D eigenvalue weighted by Crippen LogP contribution is -2.44. The number of hydrogen-bond acceptors (Lipinski definition) is 1. The second-order valence-electron chi connectivity index (χ2n) is 5.31. The van der Waals surface area contributed by atoms with E-state index < -0.39 is 0 Å². The minimum Gasteiger partial charge on any atom is -0.346 e. The molecule has 0 spiro atoms. The zero-order valence-electron chi connectivity index (χ0n) is 10.3. The normalized spacial score (nSPS) is 14.5. The van der Waals surface area contributed by atoms with Crippen LogP contribution in [0.15, 0.2) is 18.2 Å². The second kappa shape index (κ2) is 4.69. The fraction of sp³-hybridized carbons (Fsp3) is 0.500. The Bertz CT molecular complexity index is 440. The maximum atomic E-state index is 12.0. The van der Waals surface area contributed by atoms with Gasteiger partial charge in [0.1, 0.15) is 0 Å². The van der Waals surface area contributed by atoms with Crippen LogP contribution in [0.25, 0.3) is 0 Å². The molecule has 1 aromatic carbocycles. The van der Waals surface area contributed by atoms with E-state index in [1.807, 2.05) is 26.0 Å². The molecule has 0 unspecified atom stereocenters. The van der Waals surface area contributed by atoms with Crippen LogP contribution in [0.2, 0.25) is 0 Å². The van der Waals surface area contributed by atoms with E-state index in [2.05, 4.69) is 11.4 Å². The minimum atomic E-state index is -0.363. The molecule has 1 N–H and O–H groups in total. The van der Waals surface area contributed by atoms with Crippen molar-refractivity contribution in [3.63, 3.8) is 0 Å². The van der Waals surface area contributed by atoms with Gasteiger partial charge in [0.2, 0.25) is 0 Å². The van der Waals surface area contributed by atoms with Gasteiger partial charge in [-0.1, -0.05) is 6.07 Å². The number of carbonyl (C=O) groups excluding carboxylic acids is 1. The first-order valence-corrected chi connectivity index (χ1v) is 6.55. The molecule has 1 amide bonds. The first-order chi connectivity index (χ1) is 8.02. The second-order valence-corrected chi connectivity index (χ2v) is 5.58. The number of benzene rings is 1. The molecule has 2 rings (SSSR count). The van der Waals surface area contributed by atoms with Gasteiger partial charge in [-0.05, 0) is 56.4 Å². The van der Waals surface area contributed by atoms with Gasteiger partial charge < -0.3 is 5.32 Å². The Morgan fingerprint density at radius 2 is 2.06 bits per heavy atom. The molecule has 0 aliphatic heterocycles. The van der Waals surface area contributed by atoms with Crippen molar-refractivity contribution in [2.75, 3.05) is 5.88 Å². The zero-order valence-corrected chi connectivity index (χ0v) is 11.1. The molecule has 0 aromatic heterocycles. The molecule has 0 bridgehead atoms. The van der Waals surface area contributed by atoms with E-state index in [1.165, 1.54) is 17.5 Å². The number of rotatable bonds is 3. The maximum absolute atomic E-state index is 12.0. The van der Waals surface area contributed by atoms with Crippen molar-refractivity contribution in [1.82, 2.24) is 5.32 Å². The predicted molar refractivity (Wildman–Crippen MR) is 70.7 cm³/mol. The Morgan fingerprint density at radius 3 is 2.76 bits per heavy atom. The van der Waals surface area contributed by atoms with Crippen molar-refractivity contribution in [3.05, 3.63) is 34.9 Å². The van der Waals surface area contributed by atoms with Crippen LogP contribution in [0.1, 0.15) is 41.8 Å². The van der Waals surface area contributed by atoms with Gasteiger partial charge >= 0.3 is 0 Å². The quantitative estimate of drug-likeness (QED) is 0.823.